The van der Waals surface area contributed by atoms with Crippen molar-refractivity contribution >= 4 is 27.6 Å². The standard InChI is InChI=1S/C13H18N2O5S/c1-4-12(13(17)20-3)15-21(18,19)11-7-5-10(6-8-11)14-9(2)16/h5-8,12,15H,4H2,1-3H3,(H,14,16). The summed E-state index contributed by atoms with van der Waals surface area (Å²) in [6.45, 7) is 3.03. The molecule has 0 aliphatic heterocycles. The summed E-state index contributed by atoms with van der Waals surface area (Å²) in [7, 11) is -2.64. The fraction of sp³-hybridized carbons (Fsp3) is 0.385. The number of ether oxygens (including phenoxy) is 1. The van der Waals surface area contributed by atoms with Crippen LogP contribution in [0.1, 0.15) is 20.3 Å². The molecule has 8 heteroatoms. The van der Waals surface area contributed by atoms with Crippen molar-refractivity contribution in [2.24, 2.45) is 0 Å². The molecule has 116 valence electrons. The van der Waals surface area contributed by atoms with Crippen molar-refractivity contribution in [1.29, 1.82) is 0 Å². The molecular formula is C13H18N2O5S. The van der Waals surface area contributed by atoms with Gasteiger partial charge in [0.1, 0.15) is 6.04 Å². The van der Waals surface area contributed by atoms with E-state index >= 15 is 0 Å². The van der Waals surface area contributed by atoms with E-state index in [0.717, 1.165) is 0 Å². The van der Waals surface area contributed by atoms with Gasteiger partial charge in [0, 0.05) is 12.6 Å². The highest BCUT2D eigenvalue weighted by atomic mass is 32.2. The fourth-order valence-electron chi connectivity index (χ4n) is 1.62. The number of carbonyl (C=O) groups excluding carboxylic acids is 2. The molecule has 0 bridgehead atoms. The average molecular weight is 314 g/mol. The van der Waals surface area contributed by atoms with Gasteiger partial charge in [0.2, 0.25) is 15.9 Å². The van der Waals surface area contributed by atoms with E-state index in [-0.39, 0.29) is 17.2 Å². The molecule has 7 nitrogen and oxygen atoms in total. The van der Waals surface area contributed by atoms with Crippen LogP contribution in [0, 0.1) is 0 Å². The Morgan fingerprint density at radius 1 is 1.24 bits per heavy atom. The Morgan fingerprint density at radius 3 is 2.24 bits per heavy atom. The monoisotopic (exact) mass is 314 g/mol. The van der Waals surface area contributed by atoms with E-state index in [1.54, 1.807) is 6.92 Å². The second-order valence-electron chi connectivity index (χ2n) is 4.31. The summed E-state index contributed by atoms with van der Waals surface area (Å²) in [4.78, 5) is 22.3. The van der Waals surface area contributed by atoms with Gasteiger partial charge >= 0.3 is 5.97 Å². The molecule has 0 saturated carbocycles. The number of sulfonamides is 1. The number of carbonyl (C=O) groups is 2. The van der Waals surface area contributed by atoms with Crippen molar-refractivity contribution in [3.05, 3.63) is 24.3 Å². The molecule has 1 amide bonds. The van der Waals surface area contributed by atoms with Crippen molar-refractivity contribution in [3.63, 3.8) is 0 Å². The number of hydrogen-bond donors (Lipinski definition) is 2. The van der Waals surface area contributed by atoms with Crippen molar-refractivity contribution in [2.75, 3.05) is 12.4 Å². The topological polar surface area (TPSA) is 102 Å². The Kier molecular flexibility index (Phi) is 5.86. The first kappa shape index (κ1) is 17.1. The minimum atomic E-state index is -3.84. The first-order chi connectivity index (χ1) is 9.80. The number of benzene rings is 1. The van der Waals surface area contributed by atoms with Crippen LogP contribution in [0.3, 0.4) is 0 Å². The average Bonchev–Trinajstić information content (AvgIpc) is 2.44. The van der Waals surface area contributed by atoms with Gasteiger partial charge in [-0.2, -0.15) is 4.72 Å². The number of hydrogen-bond acceptors (Lipinski definition) is 5. The fourth-order valence-corrected chi connectivity index (χ4v) is 2.88. The highest BCUT2D eigenvalue weighted by Gasteiger charge is 2.24. The zero-order valence-corrected chi connectivity index (χ0v) is 12.9. The Labute approximate surface area is 123 Å². The van der Waals surface area contributed by atoms with E-state index in [1.165, 1.54) is 38.3 Å². The third kappa shape index (κ3) is 4.83. The Balaban J connectivity index is 2.92. The minimum absolute atomic E-state index is 0.000967. The molecule has 0 radical (unpaired) electrons. The highest BCUT2D eigenvalue weighted by Crippen LogP contribution is 2.15. The van der Waals surface area contributed by atoms with Crippen LogP contribution in [-0.4, -0.2) is 33.4 Å². The number of esters is 1. The van der Waals surface area contributed by atoms with Gasteiger partial charge in [-0.1, -0.05) is 6.92 Å². The molecular weight excluding hydrogens is 296 g/mol. The maximum absolute atomic E-state index is 12.1. The molecule has 0 saturated heterocycles. The van der Waals surface area contributed by atoms with Crippen LogP contribution in [-0.2, 0) is 24.3 Å². The smallest absolute Gasteiger partial charge is 0.323 e. The van der Waals surface area contributed by atoms with Gasteiger partial charge in [-0.3, -0.25) is 9.59 Å². The van der Waals surface area contributed by atoms with Gasteiger partial charge in [-0.15, -0.1) is 0 Å². The number of rotatable bonds is 6. The number of anilines is 1. The van der Waals surface area contributed by atoms with Crippen LogP contribution < -0.4 is 10.0 Å². The zero-order valence-electron chi connectivity index (χ0n) is 12.0. The number of methoxy groups -OCH3 is 1. The molecule has 0 aliphatic rings. The Hall–Kier alpha value is -1.93. The highest BCUT2D eigenvalue weighted by molar-refractivity contribution is 7.89. The Bertz CT molecular complexity index is 610. The minimum Gasteiger partial charge on any atom is -0.468 e. The summed E-state index contributed by atoms with van der Waals surface area (Å²) < 4.78 is 31.1. The third-order valence-corrected chi connectivity index (χ3v) is 4.16. The van der Waals surface area contributed by atoms with Crippen molar-refractivity contribution in [3.8, 4) is 0 Å². The van der Waals surface area contributed by atoms with Gasteiger partial charge in [0.25, 0.3) is 0 Å². The van der Waals surface area contributed by atoms with Crippen LogP contribution in [0.2, 0.25) is 0 Å². The quantitative estimate of drug-likeness (QED) is 0.759. The summed E-state index contributed by atoms with van der Waals surface area (Å²) in [6, 6.07) is 4.69. The van der Waals surface area contributed by atoms with Crippen LogP contribution >= 0.6 is 0 Å². The molecule has 0 aliphatic carbocycles. The lowest BCUT2D eigenvalue weighted by Crippen LogP contribution is -2.40. The second-order valence-corrected chi connectivity index (χ2v) is 6.02. The predicted octanol–water partition coefficient (Wildman–Crippen LogP) is 0.875. The maximum Gasteiger partial charge on any atom is 0.323 e. The third-order valence-electron chi connectivity index (χ3n) is 2.68. The summed E-state index contributed by atoms with van der Waals surface area (Å²) in [5, 5.41) is 2.53. The molecule has 1 rings (SSSR count). The summed E-state index contributed by atoms with van der Waals surface area (Å²) in [5.41, 5.74) is 0.487. The van der Waals surface area contributed by atoms with E-state index in [9.17, 15) is 18.0 Å². The lowest BCUT2D eigenvalue weighted by Gasteiger charge is -2.15. The van der Waals surface area contributed by atoms with Gasteiger partial charge in [0.15, 0.2) is 0 Å². The normalized spacial score (nSPS) is 12.5. The van der Waals surface area contributed by atoms with Gasteiger partial charge in [0.05, 0.1) is 12.0 Å². The van der Waals surface area contributed by atoms with Crippen LogP contribution in [0.15, 0.2) is 29.2 Å². The predicted molar refractivity (Wildman–Crippen MR) is 77.2 cm³/mol. The molecule has 0 spiro atoms. The first-order valence-electron chi connectivity index (χ1n) is 6.28. The number of nitrogens with one attached hydrogen (secondary N) is 2. The van der Waals surface area contributed by atoms with E-state index in [2.05, 4.69) is 14.8 Å². The van der Waals surface area contributed by atoms with Crippen LogP contribution in [0.5, 0.6) is 0 Å². The molecule has 21 heavy (non-hydrogen) atoms. The van der Waals surface area contributed by atoms with E-state index in [4.69, 9.17) is 0 Å². The zero-order chi connectivity index (χ0) is 16.0. The molecule has 0 fully saturated rings. The maximum atomic E-state index is 12.1. The SMILES string of the molecule is CCC(NS(=O)(=O)c1ccc(NC(C)=O)cc1)C(=O)OC. The lowest BCUT2D eigenvalue weighted by atomic mass is 10.2. The van der Waals surface area contributed by atoms with Gasteiger partial charge in [-0.05, 0) is 30.7 Å². The molecule has 1 unspecified atom stereocenters. The first-order valence-corrected chi connectivity index (χ1v) is 7.76. The Morgan fingerprint density at radius 2 is 1.81 bits per heavy atom. The van der Waals surface area contributed by atoms with E-state index in [0.29, 0.717) is 5.69 Å². The van der Waals surface area contributed by atoms with Crippen molar-refractivity contribution in [2.45, 2.75) is 31.2 Å². The molecule has 2 N–H and O–H groups in total. The van der Waals surface area contributed by atoms with Crippen LogP contribution in [0.4, 0.5) is 5.69 Å². The van der Waals surface area contributed by atoms with Crippen molar-refractivity contribution in [1.82, 2.24) is 4.72 Å². The molecule has 1 aromatic rings. The van der Waals surface area contributed by atoms with Crippen LogP contribution in [0.25, 0.3) is 0 Å². The summed E-state index contributed by atoms with van der Waals surface area (Å²) in [6.07, 6.45) is 0.274. The number of amides is 1. The summed E-state index contributed by atoms with van der Waals surface area (Å²) >= 11 is 0. The summed E-state index contributed by atoms with van der Waals surface area (Å²) in [5.74, 6) is -0.892. The van der Waals surface area contributed by atoms with Crippen molar-refractivity contribution < 1.29 is 22.7 Å². The molecule has 1 aromatic carbocycles. The van der Waals surface area contributed by atoms with Gasteiger partial charge in [-0.25, -0.2) is 8.42 Å². The second kappa shape index (κ2) is 7.19. The van der Waals surface area contributed by atoms with E-state index in [1.807, 2.05) is 0 Å². The lowest BCUT2D eigenvalue weighted by molar-refractivity contribution is -0.142. The largest absolute Gasteiger partial charge is 0.468 e. The van der Waals surface area contributed by atoms with E-state index < -0.39 is 22.0 Å². The molecule has 0 heterocycles. The molecule has 1 atom stereocenters. The van der Waals surface area contributed by atoms with Gasteiger partial charge < -0.3 is 10.1 Å². The molecule has 0 aromatic heterocycles.